The number of aromatic carboxylic acids is 1. The molecular weight excluding hydrogens is 406 g/mol. The zero-order valence-electron chi connectivity index (χ0n) is 17.6. The zero-order chi connectivity index (χ0) is 22.7. The topological polar surface area (TPSA) is 116 Å². The highest BCUT2D eigenvalue weighted by atomic mass is 16.4. The van der Waals surface area contributed by atoms with Gasteiger partial charge in [0.25, 0.3) is 5.56 Å². The van der Waals surface area contributed by atoms with E-state index in [0.29, 0.717) is 23.6 Å². The number of rotatable bonds is 7. The molecule has 0 fully saturated rings. The second kappa shape index (κ2) is 8.89. The molecule has 0 atom stereocenters. The Labute approximate surface area is 184 Å². The largest absolute Gasteiger partial charge is 0.478 e. The number of anilines is 1. The molecule has 0 unspecified atom stereocenters. The number of aromatic nitrogens is 4. The molecule has 0 aliphatic carbocycles. The zero-order valence-corrected chi connectivity index (χ0v) is 17.6. The standard InChI is InChI=1S/C24H23N5O3/c1-16-12-22(25)28(26-16)11-10-17-4-2-6-19(13-17)21-8-9-23(30)29(27-21)15-18-5-3-7-20(14-18)24(31)32/h2-9,12-14H,10-11,15,25H2,1H3,(H,31,32). The molecule has 2 aromatic heterocycles. The van der Waals surface area contributed by atoms with Crippen LogP contribution < -0.4 is 11.3 Å². The summed E-state index contributed by atoms with van der Waals surface area (Å²) in [5.41, 5.74) is 10.1. The molecule has 162 valence electrons. The number of carbonyl (C=O) groups is 1. The van der Waals surface area contributed by atoms with E-state index in [0.717, 1.165) is 23.2 Å². The van der Waals surface area contributed by atoms with E-state index in [2.05, 4.69) is 10.2 Å². The van der Waals surface area contributed by atoms with Crippen LogP contribution in [-0.2, 0) is 19.5 Å². The van der Waals surface area contributed by atoms with Gasteiger partial charge in [-0.3, -0.25) is 4.79 Å². The Bertz CT molecular complexity index is 1340. The lowest BCUT2D eigenvalue weighted by Crippen LogP contribution is -2.23. The molecule has 0 bridgehead atoms. The molecule has 8 heteroatoms. The van der Waals surface area contributed by atoms with Crippen molar-refractivity contribution >= 4 is 11.8 Å². The van der Waals surface area contributed by atoms with E-state index in [1.807, 2.05) is 37.3 Å². The Morgan fingerprint density at radius 2 is 1.75 bits per heavy atom. The van der Waals surface area contributed by atoms with Crippen LogP contribution in [-0.4, -0.2) is 30.6 Å². The Balaban J connectivity index is 1.56. The summed E-state index contributed by atoms with van der Waals surface area (Å²) in [6.45, 7) is 2.76. The molecule has 0 saturated heterocycles. The van der Waals surface area contributed by atoms with Gasteiger partial charge in [0.05, 0.1) is 23.5 Å². The first-order valence-corrected chi connectivity index (χ1v) is 10.2. The van der Waals surface area contributed by atoms with Gasteiger partial charge in [-0.1, -0.05) is 30.3 Å². The highest BCUT2D eigenvalue weighted by Crippen LogP contribution is 2.18. The minimum absolute atomic E-state index is 0.174. The average molecular weight is 429 g/mol. The molecule has 2 aromatic carbocycles. The maximum absolute atomic E-state index is 12.3. The van der Waals surface area contributed by atoms with Gasteiger partial charge in [-0.15, -0.1) is 0 Å². The lowest BCUT2D eigenvalue weighted by atomic mass is 10.1. The summed E-state index contributed by atoms with van der Waals surface area (Å²) >= 11 is 0. The molecule has 32 heavy (non-hydrogen) atoms. The molecule has 0 saturated carbocycles. The van der Waals surface area contributed by atoms with E-state index in [4.69, 9.17) is 5.73 Å². The van der Waals surface area contributed by atoms with Crippen molar-refractivity contribution in [1.82, 2.24) is 19.6 Å². The molecular formula is C24H23N5O3. The smallest absolute Gasteiger partial charge is 0.335 e. The second-order valence-electron chi connectivity index (χ2n) is 7.60. The number of benzene rings is 2. The summed E-state index contributed by atoms with van der Waals surface area (Å²) in [4.78, 5) is 23.6. The minimum Gasteiger partial charge on any atom is -0.478 e. The molecule has 4 rings (SSSR count). The Hall–Kier alpha value is -4.20. The summed E-state index contributed by atoms with van der Waals surface area (Å²) in [6.07, 6.45) is 0.751. The number of carboxylic acid groups (broad SMARTS) is 1. The quantitative estimate of drug-likeness (QED) is 0.467. The summed E-state index contributed by atoms with van der Waals surface area (Å²) in [6, 6.07) is 19.5. The van der Waals surface area contributed by atoms with Crippen molar-refractivity contribution in [3.05, 3.63) is 99.5 Å². The SMILES string of the molecule is Cc1cc(N)n(CCc2cccc(-c3ccc(=O)n(Cc4cccc(C(=O)O)c4)n3)c2)n1. The third-order valence-corrected chi connectivity index (χ3v) is 5.14. The van der Waals surface area contributed by atoms with Gasteiger partial charge in [0.2, 0.25) is 0 Å². The van der Waals surface area contributed by atoms with Crippen LogP contribution in [0.3, 0.4) is 0 Å². The molecule has 0 amide bonds. The van der Waals surface area contributed by atoms with E-state index in [1.54, 1.807) is 28.9 Å². The monoisotopic (exact) mass is 429 g/mol. The van der Waals surface area contributed by atoms with Gasteiger partial charge in [0, 0.05) is 24.2 Å². The number of nitrogens with zero attached hydrogens (tertiary/aromatic N) is 4. The summed E-state index contributed by atoms with van der Waals surface area (Å²) in [5.74, 6) is -0.371. The summed E-state index contributed by atoms with van der Waals surface area (Å²) in [7, 11) is 0. The molecule has 3 N–H and O–H groups in total. The normalized spacial score (nSPS) is 10.9. The van der Waals surface area contributed by atoms with Gasteiger partial charge >= 0.3 is 5.97 Å². The van der Waals surface area contributed by atoms with Gasteiger partial charge in [0.15, 0.2) is 0 Å². The first-order valence-electron chi connectivity index (χ1n) is 10.2. The van der Waals surface area contributed by atoms with Crippen molar-refractivity contribution in [3.63, 3.8) is 0 Å². The van der Waals surface area contributed by atoms with E-state index >= 15 is 0 Å². The van der Waals surface area contributed by atoms with Gasteiger partial charge in [-0.2, -0.15) is 10.2 Å². The van der Waals surface area contributed by atoms with Crippen molar-refractivity contribution in [2.45, 2.75) is 26.4 Å². The van der Waals surface area contributed by atoms with Gasteiger partial charge in [-0.25, -0.2) is 14.2 Å². The Morgan fingerprint density at radius 1 is 0.969 bits per heavy atom. The fourth-order valence-electron chi connectivity index (χ4n) is 3.56. The second-order valence-corrected chi connectivity index (χ2v) is 7.60. The van der Waals surface area contributed by atoms with E-state index in [9.17, 15) is 14.7 Å². The lowest BCUT2D eigenvalue weighted by molar-refractivity contribution is 0.0696. The van der Waals surface area contributed by atoms with Crippen molar-refractivity contribution < 1.29 is 9.90 Å². The van der Waals surface area contributed by atoms with Crippen LogP contribution in [0.5, 0.6) is 0 Å². The number of hydrogen-bond acceptors (Lipinski definition) is 5. The van der Waals surface area contributed by atoms with Crippen LogP contribution in [0, 0.1) is 6.92 Å². The summed E-state index contributed by atoms with van der Waals surface area (Å²) in [5, 5.41) is 18.1. The molecule has 2 heterocycles. The Morgan fingerprint density at radius 3 is 2.50 bits per heavy atom. The van der Waals surface area contributed by atoms with Crippen LogP contribution >= 0.6 is 0 Å². The Kier molecular flexibility index (Phi) is 5.85. The maximum Gasteiger partial charge on any atom is 0.335 e. The first-order chi connectivity index (χ1) is 15.4. The van der Waals surface area contributed by atoms with Crippen LogP contribution in [0.15, 0.2) is 71.5 Å². The predicted octanol–water partition coefficient (Wildman–Crippen LogP) is 2.99. The molecule has 0 spiro atoms. The van der Waals surface area contributed by atoms with E-state index < -0.39 is 5.97 Å². The molecule has 4 aromatic rings. The minimum atomic E-state index is -1.01. The van der Waals surface area contributed by atoms with Crippen molar-refractivity contribution in [2.24, 2.45) is 0 Å². The van der Waals surface area contributed by atoms with Crippen LogP contribution in [0.1, 0.15) is 27.2 Å². The number of hydrogen-bond donors (Lipinski definition) is 2. The average Bonchev–Trinajstić information content (AvgIpc) is 3.11. The van der Waals surface area contributed by atoms with Crippen molar-refractivity contribution in [1.29, 1.82) is 0 Å². The third kappa shape index (κ3) is 4.75. The van der Waals surface area contributed by atoms with Crippen LogP contribution in [0.25, 0.3) is 11.3 Å². The van der Waals surface area contributed by atoms with Crippen LogP contribution in [0.4, 0.5) is 5.82 Å². The van der Waals surface area contributed by atoms with E-state index in [1.165, 1.54) is 16.8 Å². The number of nitrogen functional groups attached to an aromatic ring is 1. The molecule has 0 aliphatic rings. The third-order valence-electron chi connectivity index (χ3n) is 5.14. The highest BCUT2D eigenvalue weighted by molar-refractivity contribution is 5.87. The van der Waals surface area contributed by atoms with Gasteiger partial charge in [-0.05, 0) is 48.7 Å². The maximum atomic E-state index is 12.3. The fourth-order valence-corrected chi connectivity index (χ4v) is 3.56. The van der Waals surface area contributed by atoms with Crippen molar-refractivity contribution in [3.8, 4) is 11.3 Å². The predicted molar refractivity (Wildman–Crippen MR) is 122 cm³/mol. The first kappa shape index (κ1) is 21.0. The fraction of sp³-hybridized carbons (Fsp3) is 0.167. The number of carboxylic acids is 1. The molecule has 8 nitrogen and oxygen atoms in total. The lowest BCUT2D eigenvalue weighted by Gasteiger charge is -2.10. The number of aryl methyl sites for hydroxylation is 3. The van der Waals surface area contributed by atoms with Gasteiger partial charge in [0.1, 0.15) is 5.82 Å². The highest BCUT2D eigenvalue weighted by Gasteiger charge is 2.08. The van der Waals surface area contributed by atoms with Crippen LogP contribution in [0.2, 0.25) is 0 Å². The van der Waals surface area contributed by atoms with E-state index in [-0.39, 0.29) is 17.7 Å². The summed E-state index contributed by atoms with van der Waals surface area (Å²) < 4.78 is 3.13. The molecule has 0 aliphatic heterocycles. The van der Waals surface area contributed by atoms with Crippen molar-refractivity contribution in [2.75, 3.05) is 5.73 Å². The number of nitrogens with two attached hydrogens (primary N) is 1. The molecule has 0 radical (unpaired) electrons. The van der Waals surface area contributed by atoms with Gasteiger partial charge < -0.3 is 10.8 Å².